The molecule has 222 valence electrons. The lowest BCUT2D eigenvalue weighted by atomic mass is 10.0. The fraction of sp³-hybridized carbons (Fsp3) is 0.294. The third-order valence-corrected chi connectivity index (χ3v) is 6.87. The highest BCUT2D eigenvalue weighted by molar-refractivity contribution is 5.92. The second-order valence-electron chi connectivity index (χ2n) is 9.80. The average molecular weight is 575 g/mol. The zero-order valence-electron chi connectivity index (χ0n) is 25.1. The Morgan fingerprint density at radius 3 is 1.71 bits per heavy atom. The van der Waals surface area contributed by atoms with Crippen LogP contribution in [0.1, 0.15) is 66.1 Å². The molecule has 0 heterocycles. The minimum atomic E-state index is -0.501. The molecule has 8 nitrogen and oxygen atoms in total. The van der Waals surface area contributed by atoms with Crippen LogP contribution < -0.4 is 9.47 Å². The average Bonchev–Trinajstić information content (AvgIpc) is 2.97. The maximum atomic E-state index is 13.0. The molecule has 0 saturated carbocycles. The van der Waals surface area contributed by atoms with E-state index in [2.05, 4.69) is 6.58 Å². The summed E-state index contributed by atoms with van der Waals surface area (Å²) in [5.41, 5.74) is 7.67. The van der Waals surface area contributed by atoms with Crippen LogP contribution in [0.25, 0.3) is 0 Å². The van der Waals surface area contributed by atoms with Crippen LogP contribution in [-0.4, -0.2) is 37.9 Å². The van der Waals surface area contributed by atoms with Gasteiger partial charge in [-0.3, -0.25) is 0 Å². The van der Waals surface area contributed by atoms with Gasteiger partial charge in [0.15, 0.2) is 0 Å². The van der Waals surface area contributed by atoms with Crippen molar-refractivity contribution in [1.82, 2.24) is 0 Å². The van der Waals surface area contributed by atoms with E-state index >= 15 is 0 Å². The van der Waals surface area contributed by atoms with E-state index in [1.807, 2.05) is 48.3 Å². The van der Waals surface area contributed by atoms with Crippen LogP contribution in [0.2, 0.25) is 0 Å². The molecule has 0 aliphatic rings. The van der Waals surface area contributed by atoms with Crippen LogP contribution in [0.4, 0.5) is 0 Å². The van der Waals surface area contributed by atoms with E-state index in [9.17, 15) is 14.4 Å². The lowest BCUT2D eigenvalue weighted by molar-refractivity contribution is -0.138. The summed E-state index contributed by atoms with van der Waals surface area (Å²) in [6, 6.07) is 12.0. The highest BCUT2D eigenvalue weighted by Gasteiger charge is 2.17. The van der Waals surface area contributed by atoms with Gasteiger partial charge in [0.25, 0.3) is 0 Å². The Kier molecular flexibility index (Phi) is 12.8. The second-order valence-corrected chi connectivity index (χ2v) is 9.80. The number of carbonyl (C=O) groups excluding carboxylic acids is 4. The molecule has 3 aromatic carbocycles. The molecule has 3 aromatic rings. The summed E-state index contributed by atoms with van der Waals surface area (Å²) in [6.07, 6.45) is 1.57. The smallest absolute Gasteiger partial charge is 0.343 e. The van der Waals surface area contributed by atoms with E-state index in [4.69, 9.17) is 23.7 Å². The number of carbonyl (C=O) groups is 4. The summed E-state index contributed by atoms with van der Waals surface area (Å²) in [5.74, 6) is -0.900. The number of hydrogen-bond donors (Lipinski definition) is 0. The molecule has 0 atom stereocenters. The summed E-state index contributed by atoms with van der Waals surface area (Å²) < 4.78 is 22.1. The molecule has 0 aromatic heterocycles. The highest BCUT2D eigenvalue weighted by Crippen LogP contribution is 2.28. The van der Waals surface area contributed by atoms with Gasteiger partial charge in [0.1, 0.15) is 18.3 Å². The van der Waals surface area contributed by atoms with Crippen LogP contribution >= 0.6 is 0 Å². The Bertz CT molecular complexity index is 1410. The Labute approximate surface area is 247 Å². The molecule has 0 N–H and O–H groups in total. The second kappa shape index (κ2) is 16.0. The van der Waals surface area contributed by atoms with Gasteiger partial charge >= 0.3 is 17.9 Å². The minimum Gasteiger partial charge on any atom is -0.462 e. The molecule has 0 bridgehead atoms. The molecule has 42 heavy (non-hydrogen) atoms. The van der Waals surface area contributed by atoms with E-state index in [-0.39, 0.29) is 13.2 Å². The van der Waals surface area contributed by atoms with Crippen molar-refractivity contribution < 1.29 is 38.1 Å². The first-order valence-corrected chi connectivity index (χ1v) is 13.4. The topological polar surface area (TPSA) is 105 Å². The monoisotopic (exact) mass is 574 g/mol. The van der Waals surface area contributed by atoms with Gasteiger partial charge in [-0.25, -0.2) is 14.4 Å². The molecular weight excluding hydrogens is 536 g/mol. The molecule has 0 saturated heterocycles. The van der Waals surface area contributed by atoms with Crippen molar-refractivity contribution in [3.05, 3.63) is 105 Å². The van der Waals surface area contributed by atoms with Crippen LogP contribution in [-0.2, 0) is 25.7 Å². The summed E-state index contributed by atoms with van der Waals surface area (Å²) in [6.45, 7) is 17.7. The first kappa shape index (κ1) is 33.6. The first-order chi connectivity index (χ1) is 20.0. The fourth-order valence-corrected chi connectivity index (χ4v) is 4.04. The molecule has 0 amide bonds. The molecule has 3 rings (SSSR count). The number of hydrogen-bond acceptors (Lipinski definition) is 8. The van der Waals surface area contributed by atoms with Gasteiger partial charge in [-0.1, -0.05) is 6.58 Å². The van der Waals surface area contributed by atoms with Gasteiger partial charge in [-0.2, -0.15) is 0 Å². The van der Waals surface area contributed by atoms with Gasteiger partial charge in [-0.15, -0.1) is 0 Å². The molecule has 0 aliphatic heterocycles. The maximum Gasteiger partial charge on any atom is 0.343 e. The molecule has 0 spiro atoms. The zero-order chi connectivity index (χ0) is 31.4. The number of esters is 3. The Morgan fingerprint density at radius 2 is 1.21 bits per heavy atom. The van der Waals surface area contributed by atoms with E-state index < -0.39 is 17.9 Å². The molecule has 0 radical (unpaired) electrons. The SMILES string of the molecule is C=CC(=O)OCCCOCc1cc(OC(=O)c2cc(C)c(C)c(C)c2)ccc1OC(=O)c1cc(C)c(C)c(C)c1.C=O. The van der Waals surface area contributed by atoms with Gasteiger partial charge in [0, 0.05) is 18.1 Å². The van der Waals surface area contributed by atoms with Gasteiger partial charge in [0.05, 0.1) is 30.9 Å². The molecule has 0 unspecified atom stereocenters. The van der Waals surface area contributed by atoms with Crippen molar-refractivity contribution in [3.8, 4) is 11.5 Å². The lowest BCUT2D eigenvalue weighted by Crippen LogP contribution is -2.13. The Hall–Kier alpha value is -4.56. The van der Waals surface area contributed by atoms with E-state index in [0.717, 1.165) is 39.5 Å². The minimum absolute atomic E-state index is 0.0815. The normalized spacial score (nSPS) is 10.2. The van der Waals surface area contributed by atoms with Crippen molar-refractivity contribution in [2.75, 3.05) is 13.2 Å². The summed E-state index contributed by atoms with van der Waals surface area (Å²) >= 11 is 0. The Morgan fingerprint density at radius 1 is 0.714 bits per heavy atom. The number of benzene rings is 3. The van der Waals surface area contributed by atoms with Crippen LogP contribution in [0.15, 0.2) is 55.1 Å². The lowest BCUT2D eigenvalue weighted by Gasteiger charge is -2.14. The highest BCUT2D eigenvalue weighted by atomic mass is 16.5. The summed E-state index contributed by atoms with van der Waals surface area (Å²) in [4.78, 5) is 45.1. The van der Waals surface area contributed by atoms with Crippen molar-refractivity contribution in [3.63, 3.8) is 0 Å². The quantitative estimate of drug-likeness (QED) is 0.112. The summed E-state index contributed by atoms with van der Waals surface area (Å²) in [5, 5.41) is 0. The molecular formula is C34H38O8. The molecule has 0 aliphatic carbocycles. The van der Waals surface area contributed by atoms with Crippen LogP contribution in [0.5, 0.6) is 11.5 Å². The predicted molar refractivity (Wildman–Crippen MR) is 160 cm³/mol. The van der Waals surface area contributed by atoms with Crippen molar-refractivity contribution in [2.24, 2.45) is 0 Å². The standard InChI is InChI=1S/C33H36O7.CH2O/c1-8-31(34)38-13-9-12-37-19-28-18-29(39-32(35)26-14-20(2)24(6)21(3)15-26)10-11-30(28)40-33(36)27-16-22(4)25(7)23(5)17-27;1-2/h8,10-11,14-18H,1,9,12-13,19H2,2-7H3;1H2. The number of rotatable bonds is 11. The van der Waals surface area contributed by atoms with E-state index in [1.165, 1.54) is 0 Å². The fourth-order valence-electron chi connectivity index (χ4n) is 4.04. The molecule has 8 heteroatoms. The van der Waals surface area contributed by atoms with Gasteiger partial charge < -0.3 is 23.7 Å². The third kappa shape index (κ3) is 9.24. The van der Waals surface area contributed by atoms with Crippen molar-refractivity contribution >= 4 is 24.7 Å². The van der Waals surface area contributed by atoms with Crippen LogP contribution in [0.3, 0.4) is 0 Å². The largest absolute Gasteiger partial charge is 0.462 e. The van der Waals surface area contributed by atoms with Crippen molar-refractivity contribution in [2.45, 2.75) is 54.6 Å². The van der Waals surface area contributed by atoms with Gasteiger partial charge in [0.2, 0.25) is 0 Å². The first-order valence-electron chi connectivity index (χ1n) is 13.4. The number of ether oxygens (including phenoxy) is 4. The summed E-state index contributed by atoms with van der Waals surface area (Å²) in [7, 11) is 0. The van der Waals surface area contributed by atoms with E-state index in [0.29, 0.717) is 41.2 Å². The van der Waals surface area contributed by atoms with E-state index in [1.54, 1.807) is 42.5 Å². The van der Waals surface area contributed by atoms with Crippen LogP contribution in [0, 0.1) is 41.5 Å². The maximum absolute atomic E-state index is 13.0. The predicted octanol–water partition coefficient (Wildman–Crippen LogP) is 6.43. The molecule has 0 fully saturated rings. The zero-order valence-corrected chi connectivity index (χ0v) is 25.1. The number of aryl methyl sites for hydroxylation is 4. The van der Waals surface area contributed by atoms with Crippen molar-refractivity contribution in [1.29, 1.82) is 0 Å². The van der Waals surface area contributed by atoms with Gasteiger partial charge in [-0.05, 0) is 117 Å². The Balaban J connectivity index is 0.00000301. The third-order valence-electron chi connectivity index (χ3n) is 6.87.